The lowest BCUT2D eigenvalue weighted by Gasteiger charge is -2.11. The van der Waals surface area contributed by atoms with Crippen LogP contribution in [0.3, 0.4) is 0 Å². The average molecular weight is 242 g/mol. The molecule has 1 unspecified atom stereocenters. The van der Waals surface area contributed by atoms with Crippen molar-refractivity contribution in [3.05, 3.63) is 40.1 Å². The lowest BCUT2D eigenvalue weighted by molar-refractivity contribution is 0.340. The second kappa shape index (κ2) is 4.66. The number of benzene rings is 1. The van der Waals surface area contributed by atoms with Crippen molar-refractivity contribution in [2.45, 2.75) is 9.48 Å². The monoisotopic (exact) mass is 242 g/mol. The Kier molecular flexibility index (Phi) is 3.49. The minimum absolute atomic E-state index is 0.142. The van der Waals surface area contributed by atoms with Gasteiger partial charge in [-0.05, 0) is 17.0 Å². The normalized spacial score (nSPS) is 21.0. The van der Waals surface area contributed by atoms with Crippen LogP contribution in [0, 0.1) is 0 Å². The van der Waals surface area contributed by atoms with Gasteiger partial charge in [0, 0.05) is 9.80 Å². The predicted octanol–water partition coefficient (Wildman–Crippen LogP) is 3.29. The third kappa shape index (κ3) is 2.14. The number of hydrogen-bond donors (Lipinski definition) is 2. The van der Waals surface area contributed by atoms with Crippen LogP contribution in [0.15, 0.2) is 39.5 Å². The fourth-order valence-electron chi connectivity index (χ4n) is 1.23. The molecule has 1 aliphatic rings. The van der Waals surface area contributed by atoms with E-state index in [2.05, 4.69) is 18.7 Å². The van der Waals surface area contributed by atoms with Gasteiger partial charge in [-0.15, -0.1) is 36.2 Å². The molecule has 0 saturated heterocycles. The van der Waals surface area contributed by atoms with Gasteiger partial charge in [-0.1, -0.05) is 18.2 Å². The fraction of sp³-hybridized carbons (Fsp3) is 0.200. The zero-order chi connectivity index (χ0) is 9.97. The van der Waals surface area contributed by atoms with E-state index in [1.165, 1.54) is 5.56 Å². The topological polar surface area (TPSA) is 20.2 Å². The average Bonchev–Trinajstić information content (AvgIpc) is 2.67. The second-order valence-electron chi connectivity index (χ2n) is 2.89. The van der Waals surface area contributed by atoms with E-state index in [0.717, 1.165) is 9.80 Å². The number of thiol groups is 1. The zero-order valence-corrected chi connectivity index (χ0v) is 9.91. The molecule has 14 heavy (non-hydrogen) atoms. The molecule has 1 N–H and O–H groups in total. The van der Waals surface area contributed by atoms with E-state index in [4.69, 9.17) is 5.11 Å². The van der Waals surface area contributed by atoms with Crippen LogP contribution in [0.2, 0.25) is 0 Å². The summed E-state index contributed by atoms with van der Waals surface area (Å²) in [5, 5.41) is 11.0. The van der Waals surface area contributed by atoms with Crippen molar-refractivity contribution >= 4 is 36.2 Å². The summed E-state index contributed by atoms with van der Waals surface area (Å²) < 4.78 is 0.353. The lowest BCUT2D eigenvalue weighted by Crippen LogP contribution is -1.88. The minimum atomic E-state index is 0.142. The van der Waals surface area contributed by atoms with Crippen LogP contribution in [-0.2, 0) is 0 Å². The van der Waals surface area contributed by atoms with E-state index < -0.39 is 0 Å². The van der Waals surface area contributed by atoms with E-state index >= 15 is 0 Å². The molecule has 0 spiro atoms. The van der Waals surface area contributed by atoms with Crippen LogP contribution in [-0.4, -0.2) is 11.7 Å². The largest absolute Gasteiger partial charge is 0.391 e. The quantitative estimate of drug-likeness (QED) is 0.777. The van der Waals surface area contributed by atoms with Crippen molar-refractivity contribution in [2.75, 3.05) is 6.61 Å². The Hall–Kier alpha value is -0.0300. The first kappa shape index (κ1) is 10.5. The van der Waals surface area contributed by atoms with Crippen LogP contribution in [0.25, 0.3) is 0 Å². The third-order valence-electron chi connectivity index (χ3n) is 1.93. The predicted molar refractivity (Wildman–Crippen MR) is 66.8 cm³/mol. The SMILES string of the molecule is OCC1=CSC(c2ccccc2S)S1. The van der Waals surface area contributed by atoms with E-state index in [9.17, 15) is 0 Å². The first-order valence-electron chi connectivity index (χ1n) is 4.21. The molecule has 0 bridgehead atoms. The third-order valence-corrected chi connectivity index (χ3v) is 5.05. The Morgan fingerprint density at radius 3 is 2.79 bits per heavy atom. The highest BCUT2D eigenvalue weighted by Gasteiger charge is 2.21. The Balaban J connectivity index is 2.16. The van der Waals surface area contributed by atoms with Gasteiger partial charge >= 0.3 is 0 Å². The standard InChI is InChI=1S/C10H10OS3/c11-5-7-6-13-10(14-7)8-3-1-2-4-9(8)12/h1-4,6,10-12H,5H2. The maximum absolute atomic E-state index is 8.98. The first-order chi connectivity index (χ1) is 6.81. The molecule has 2 rings (SSSR count). The van der Waals surface area contributed by atoms with Gasteiger partial charge in [0.15, 0.2) is 0 Å². The van der Waals surface area contributed by atoms with E-state index in [0.29, 0.717) is 4.58 Å². The van der Waals surface area contributed by atoms with Crippen molar-refractivity contribution in [2.24, 2.45) is 0 Å². The molecule has 0 fully saturated rings. The van der Waals surface area contributed by atoms with Crippen molar-refractivity contribution in [3.8, 4) is 0 Å². The van der Waals surface area contributed by atoms with Gasteiger partial charge in [0.1, 0.15) is 0 Å². The summed E-state index contributed by atoms with van der Waals surface area (Å²) in [6, 6.07) is 8.08. The molecule has 0 radical (unpaired) electrons. The van der Waals surface area contributed by atoms with E-state index in [1.54, 1.807) is 23.5 Å². The minimum Gasteiger partial charge on any atom is -0.391 e. The molecule has 0 aliphatic carbocycles. The number of hydrogen-bond acceptors (Lipinski definition) is 4. The van der Waals surface area contributed by atoms with Crippen LogP contribution in [0.5, 0.6) is 0 Å². The molecule has 1 nitrogen and oxygen atoms in total. The molecule has 1 heterocycles. The van der Waals surface area contributed by atoms with Crippen molar-refractivity contribution in [1.82, 2.24) is 0 Å². The van der Waals surface area contributed by atoms with Gasteiger partial charge in [0.2, 0.25) is 0 Å². The number of aliphatic hydroxyl groups is 1. The highest BCUT2D eigenvalue weighted by atomic mass is 32.2. The lowest BCUT2D eigenvalue weighted by atomic mass is 10.2. The number of rotatable bonds is 2. The molecule has 1 aliphatic heterocycles. The smallest absolute Gasteiger partial charge is 0.0848 e. The molecule has 1 aromatic carbocycles. The van der Waals surface area contributed by atoms with Crippen LogP contribution >= 0.6 is 36.2 Å². The molecule has 1 aromatic rings. The van der Waals surface area contributed by atoms with Gasteiger partial charge in [0.05, 0.1) is 11.2 Å². The van der Waals surface area contributed by atoms with E-state index in [1.807, 2.05) is 23.6 Å². The number of thioether (sulfide) groups is 2. The van der Waals surface area contributed by atoms with Gasteiger partial charge in [-0.3, -0.25) is 0 Å². The first-order valence-corrected chi connectivity index (χ1v) is 6.48. The Morgan fingerprint density at radius 1 is 1.36 bits per heavy atom. The number of aliphatic hydroxyl groups excluding tert-OH is 1. The summed E-state index contributed by atoms with van der Waals surface area (Å²) in [4.78, 5) is 2.06. The fourth-order valence-corrected chi connectivity index (χ4v) is 4.23. The van der Waals surface area contributed by atoms with Crippen LogP contribution in [0.4, 0.5) is 0 Å². The van der Waals surface area contributed by atoms with Crippen LogP contribution < -0.4 is 0 Å². The van der Waals surface area contributed by atoms with Crippen molar-refractivity contribution in [1.29, 1.82) is 0 Å². The van der Waals surface area contributed by atoms with Gasteiger partial charge in [-0.2, -0.15) is 0 Å². The van der Waals surface area contributed by atoms with Gasteiger partial charge in [0.25, 0.3) is 0 Å². The molecular formula is C10H10OS3. The summed E-state index contributed by atoms with van der Waals surface area (Å²) in [6.45, 7) is 0.142. The molecule has 74 valence electrons. The van der Waals surface area contributed by atoms with Crippen LogP contribution in [0.1, 0.15) is 10.1 Å². The maximum atomic E-state index is 8.98. The molecule has 4 heteroatoms. The Bertz CT molecular complexity index is 362. The molecule has 0 saturated carbocycles. The molecule has 0 aromatic heterocycles. The summed E-state index contributed by atoms with van der Waals surface area (Å²) in [6.07, 6.45) is 0. The highest BCUT2D eigenvalue weighted by Crippen LogP contribution is 2.51. The Morgan fingerprint density at radius 2 is 2.14 bits per heavy atom. The summed E-state index contributed by atoms with van der Waals surface area (Å²) in [5.41, 5.74) is 1.23. The molecule has 0 amide bonds. The maximum Gasteiger partial charge on any atom is 0.0848 e. The zero-order valence-electron chi connectivity index (χ0n) is 7.38. The summed E-state index contributed by atoms with van der Waals surface area (Å²) >= 11 is 7.86. The molecule has 1 atom stereocenters. The van der Waals surface area contributed by atoms with Gasteiger partial charge in [-0.25, -0.2) is 0 Å². The summed E-state index contributed by atoms with van der Waals surface area (Å²) in [5.74, 6) is 0. The Labute approximate surface area is 97.4 Å². The molecular weight excluding hydrogens is 232 g/mol. The van der Waals surface area contributed by atoms with E-state index in [-0.39, 0.29) is 6.61 Å². The van der Waals surface area contributed by atoms with Crippen molar-refractivity contribution in [3.63, 3.8) is 0 Å². The highest BCUT2D eigenvalue weighted by molar-refractivity contribution is 8.22. The van der Waals surface area contributed by atoms with Gasteiger partial charge < -0.3 is 5.11 Å². The second-order valence-corrected chi connectivity index (χ2v) is 5.88. The van der Waals surface area contributed by atoms with Crippen molar-refractivity contribution < 1.29 is 5.11 Å². The summed E-state index contributed by atoms with van der Waals surface area (Å²) in [7, 11) is 0.